The molecule has 198 valence electrons. The molecular weight excluding hydrogens is 456 g/mol. The van der Waals surface area contributed by atoms with Gasteiger partial charge < -0.3 is 19.3 Å². The Bertz CT molecular complexity index is 913. The monoisotopic (exact) mass is 498 g/mol. The quantitative estimate of drug-likeness (QED) is 0.381. The van der Waals surface area contributed by atoms with E-state index in [-0.39, 0.29) is 11.8 Å². The molecule has 0 spiro atoms. The Morgan fingerprint density at radius 1 is 1.08 bits per heavy atom. The van der Waals surface area contributed by atoms with Gasteiger partial charge >= 0.3 is 0 Å². The third kappa shape index (κ3) is 7.45. The molecule has 0 radical (unpaired) electrons. The highest BCUT2D eigenvalue weighted by atomic mass is 16.5. The lowest BCUT2D eigenvalue weighted by Crippen LogP contribution is -2.43. The van der Waals surface area contributed by atoms with Crippen LogP contribution in [0, 0.1) is 0 Å². The van der Waals surface area contributed by atoms with Gasteiger partial charge in [0, 0.05) is 37.7 Å². The number of nitrogens with one attached hydrogen (secondary N) is 1. The number of carbonyl (C=O) groups is 2. The molecule has 8 heteroatoms. The molecule has 0 aromatic heterocycles. The largest absolute Gasteiger partial charge is 0.494 e. The highest BCUT2D eigenvalue weighted by Crippen LogP contribution is 2.30. The first-order valence-corrected chi connectivity index (χ1v) is 13.9. The van der Waals surface area contributed by atoms with Crippen LogP contribution in [0.1, 0.15) is 83.1 Å². The highest BCUT2D eigenvalue weighted by molar-refractivity contribution is 6.05. The van der Waals surface area contributed by atoms with Gasteiger partial charge in [-0.15, -0.1) is 0 Å². The summed E-state index contributed by atoms with van der Waals surface area (Å²) >= 11 is 0. The van der Waals surface area contributed by atoms with Crippen molar-refractivity contribution in [2.75, 3.05) is 32.9 Å². The van der Waals surface area contributed by atoms with Gasteiger partial charge in [0.15, 0.2) is 0 Å². The van der Waals surface area contributed by atoms with E-state index in [0.717, 1.165) is 42.9 Å². The Morgan fingerprint density at radius 2 is 1.94 bits per heavy atom. The molecule has 1 aromatic carbocycles. The van der Waals surface area contributed by atoms with E-state index < -0.39 is 0 Å². The van der Waals surface area contributed by atoms with Gasteiger partial charge in [-0.3, -0.25) is 14.9 Å². The summed E-state index contributed by atoms with van der Waals surface area (Å²) in [6.45, 7) is 5.80. The summed E-state index contributed by atoms with van der Waals surface area (Å²) in [6, 6.07) is 6.18. The lowest BCUT2D eigenvalue weighted by atomic mass is 9.94. The number of fused-ring (bicyclic) bond motifs is 2. The van der Waals surface area contributed by atoms with Gasteiger partial charge in [-0.1, -0.05) is 45.4 Å². The summed E-state index contributed by atoms with van der Waals surface area (Å²) in [5, 5.41) is 2.78. The Balaban J connectivity index is 1.21. The molecule has 1 saturated carbocycles. The number of benzene rings is 1. The van der Waals surface area contributed by atoms with Crippen molar-refractivity contribution in [2.24, 2.45) is 4.99 Å². The lowest BCUT2D eigenvalue weighted by molar-refractivity contribution is -0.135. The number of hydrogen-bond acceptors (Lipinski definition) is 6. The van der Waals surface area contributed by atoms with E-state index in [1.807, 2.05) is 23.1 Å². The third-order valence-electron chi connectivity index (χ3n) is 7.28. The molecule has 1 aliphatic carbocycles. The van der Waals surface area contributed by atoms with E-state index in [9.17, 15) is 9.59 Å². The summed E-state index contributed by atoms with van der Waals surface area (Å²) in [5.74, 6) is 1.60. The molecule has 0 atom stereocenters. The summed E-state index contributed by atoms with van der Waals surface area (Å²) in [6.07, 6.45) is 11.9. The van der Waals surface area contributed by atoms with Gasteiger partial charge in [0.05, 0.1) is 18.9 Å². The van der Waals surface area contributed by atoms with Crippen molar-refractivity contribution in [1.29, 1.82) is 0 Å². The van der Waals surface area contributed by atoms with Gasteiger partial charge in [-0.05, 0) is 43.9 Å². The Kier molecular flexibility index (Phi) is 10.0. The van der Waals surface area contributed by atoms with E-state index >= 15 is 0 Å². The van der Waals surface area contributed by atoms with Crippen molar-refractivity contribution in [3.63, 3.8) is 0 Å². The zero-order valence-electron chi connectivity index (χ0n) is 21.8. The van der Waals surface area contributed by atoms with E-state index in [2.05, 4.69) is 22.1 Å². The van der Waals surface area contributed by atoms with Gasteiger partial charge in [0.2, 0.25) is 17.8 Å². The number of guanidine groups is 1. The number of rotatable bonds is 14. The van der Waals surface area contributed by atoms with Gasteiger partial charge in [0.1, 0.15) is 12.3 Å². The number of amides is 2. The minimum atomic E-state index is -0.0245. The maximum atomic E-state index is 13.1. The molecule has 36 heavy (non-hydrogen) atoms. The number of hydrogen-bond donors (Lipinski definition) is 1. The first-order valence-electron chi connectivity index (χ1n) is 13.9. The number of aliphatic imine (C=N–C) groups is 1. The molecule has 1 saturated heterocycles. The number of unbranched alkanes of at least 4 members (excludes halogenated alkanes) is 3. The topological polar surface area (TPSA) is 83.5 Å². The Labute approximate surface area is 215 Å². The fourth-order valence-corrected chi connectivity index (χ4v) is 5.28. The Hall–Kier alpha value is -2.61. The first-order chi connectivity index (χ1) is 17.6. The molecule has 2 aliphatic heterocycles. The molecule has 0 unspecified atom stereocenters. The van der Waals surface area contributed by atoms with Crippen LogP contribution in [0.2, 0.25) is 0 Å². The van der Waals surface area contributed by atoms with E-state index in [4.69, 9.17) is 9.47 Å². The smallest absolute Gasteiger partial charge is 0.246 e. The van der Waals surface area contributed by atoms with Crippen molar-refractivity contribution in [2.45, 2.75) is 90.1 Å². The molecule has 2 heterocycles. The summed E-state index contributed by atoms with van der Waals surface area (Å²) < 4.78 is 11.8. The minimum absolute atomic E-state index is 0.0245. The number of nitrogens with zero attached hydrogens (tertiary/aromatic N) is 3. The van der Waals surface area contributed by atoms with Crippen LogP contribution in [-0.2, 0) is 20.9 Å². The van der Waals surface area contributed by atoms with Crippen molar-refractivity contribution in [3.8, 4) is 5.75 Å². The van der Waals surface area contributed by atoms with Gasteiger partial charge in [-0.25, -0.2) is 4.99 Å². The number of ether oxygens (including phenoxy) is 2. The average Bonchev–Trinajstić information content (AvgIpc) is 3.25. The maximum absolute atomic E-state index is 13.1. The molecule has 8 nitrogen and oxygen atoms in total. The predicted octanol–water partition coefficient (Wildman–Crippen LogP) is 4.54. The van der Waals surface area contributed by atoms with Crippen molar-refractivity contribution in [1.82, 2.24) is 15.1 Å². The molecule has 1 N–H and O–H groups in total. The molecule has 3 aliphatic rings. The summed E-state index contributed by atoms with van der Waals surface area (Å²) in [5.41, 5.74) is 1.91. The highest BCUT2D eigenvalue weighted by Gasteiger charge is 2.29. The maximum Gasteiger partial charge on any atom is 0.246 e. The fraction of sp³-hybridized carbons (Fsp3) is 0.679. The van der Waals surface area contributed by atoms with E-state index in [1.54, 1.807) is 0 Å². The molecular formula is C28H42N4O4. The van der Waals surface area contributed by atoms with Crippen LogP contribution in [0.4, 0.5) is 5.69 Å². The van der Waals surface area contributed by atoms with E-state index in [0.29, 0.717) is 57.7 Å². The van der Waals surface area contributed by atoms with Crippen LogP contribution in [0.5, 0.6) is 5.75 Å². The molecule has 2 amide bonds. The third-order valence-corrected chi connectivity index (χ3v) is 7.28. The zero-order chi connectivity index (χ0) is 25.2. The van der Waals surface area contributed by atoms with Gasteiger partial charge in [0.25, 0.3) is 0 Å². The lowest BCUT2D eigenvalue weighted by Gasteiger charge is -2.34. The van der Waals surface area contributed by atoms with Crippen molar-refractivity contribution in [3.05, 3.63) is 23.8 Å². The molecule has 2 fully saturated rings. The Morgan fingerprint density at radius 3 is 2.78 bits per heavy atom. The van der Waals surface area contributed by atoms with Crippen molar-refractivity contribution < 1.29 is 19.1 Å². The predicted molar refractivity (Wildman–Crippen MR) is 140 cm³/mol. The second-order valence-corrected chi connectivity index (χ2v) is 10.1. The normalized spacial score (nSPS) is 17.3. The SMILES string of the molecule is CCCCCCOCCN(C(=O)CCCOc1ccc2c(c1)CN1CC(=O)NC1=N2)C1CCCCC1. The standard InChI is InChI=1S/C28H42N4O4/c1-2-3-4-8-16-35-18-15-32(23-10-6-5-7-11-23)27(34)12-9-17-36-24-13-14-25-22(19-24)20-31-21-26(33)30-28(31)29-25/h13-14,19,23H,2-12,15-18,20-21H2,1H3,(H,29,30,33). The van der Waals surface area contributed by atoms with Crippen molar-refractivity contribution >= 4 is 23.5 Å². The van der Waals surface area contributed by atoms with Crippen LogP contribution in [0.15, 0.2) is 23.2 Å². The average molecular weight is 499 g/mol. The van der Waals surface area contributed by atoms with Crippen LogP contribution in [0.3, 0.4) is 0 Å². The number of carbonyl (C=O) groups excluding carboxylic acids is 2. The van der Waals surface area contributed by atoms with Crippen LogP contribution in [-0.4, -0.2) is 66.5 Å². The second kappa shape index (κ2) is 13.6. The fourth-order valence-electron chi connectivity index (χ4n) is 5.28. The molecule has 1 aromatic rings. The second-order valence-electron chi connectivity index (χ2n) is 10.1. The van der Waals surface area contributed by atoms with E-state index in [1.165, 1.54) is 38.5 Å². The minimum Gasteiger partial charge on any atom is -0.494 e. The summed E-state index contributed by atoms with van der Waals surface area (Å²) in [4.78, 5) is 33.3. The van der Waals surface area contributed by atoms with Crippen LogP contribution >= 0.6 is 0 Å². The summed E-state index contributed by atoms with van der Waals surface area (Å²) in [7, 11) is 0. The molecule has 4 rings (SSSR count). The first kappa shape index (κ1) is 26.5. The zero-order valence-corrected chi connectivity index (χ0v) is 21.8. The molecule has 0 bridgehead atoms. The van der Waals surface area contributed by atoms with Gasteiger partial charge in [-0.2, -0.15) is 0 Å². The van der Waals surface area contributed by atoms with Crippen LogP contribution < -0.4 is 10.1 Å². The van der Waals surface area contributed by atoms with Crippen LogP contribution in [0.25, 0.3) is 0 Å².